The second kappa shape index (κ2) is 10.7. The van der Waals surface area contributed by atoms with Gasteiger partial charge in [0.25, 0.3) is 5.91 Å². The summed E-state index contributed by atoms with van der Waals surface area (Å²) in [4.78, 5) is 12.5. The second-order valence-electron chi connectivity index (χ2n) is 8.68. The van der Waals surface area contributed by atoms with E-state index in [1.807, 2.05) is 58.0 Å². The third-order valence-corrected chi connectivity index (χ3v) is 6.55. The van der Waals surface area contributed by atoms with Gasteiger partial charge in [-0.05, 0) is 85.8 Å². The maximum atomic E-state index is 12.5. The van der Waals surface area contributed by atoms with Crippen molar-refractivity contribution in [2.24, 2.45) is 0 Å². The van der Waals surface area contributed by atoms with Gasteiger partial charge in [-0.1, -0.05) is 30.3 Å². The number of carbonyl (C=O) groups excluding carboxylic acids is 1. The smallest absolute Gasteiger partial charge is 0.251 e. The number of benzene rings is 3. The number of nitrogens with zero attached hydrogens (tertiary/aromatic N) is 1. The lowest BCUT2D eigenvalue weighted by molar-refractivity contribution is 0.0947. The molecule has 0 atom stereocenters. The number of nitrogens with one attached hydrogen (secondary N) is 1. The molecule has 0 saturated heterocycles. The number of hydrogen-bond donors (Lipinski definition) is 1. The van der Waals surface area contributed by atoms with Crippen LogP contribution >= 0.6 is 0 Å². The Morgan fingerprint density at radius 1 is 0.882 bits per heavy atom. The van der Waals surface area contributed by atoms with Crippen LogP contribution in [0.2, 0.25) is 0 Å². The first-order valence-electron chi connectivity index (χ1n) is 11.2. The van der Waals surface area contributed by atoms with E-state index in [2.05, 4.69) is 11.4 Å². The van der Waals surface area contributed by atoms with Crippen molar-refractivity contribution in [3.63, 3.8) is 0 Å². The first kappa shape index (κ1) is 25.3. The zero-order chi connectivity index (χ0) is 24.9. The van der Waals surface area contributed by atoms with Crippen LogP contribution in [0.1, 0.15) is 38.2 Å². The molecule has 0 aliphatic carbocycles. The van der Waals surface area contributed by atoms with Crippen molar-refractivity contribution >= 4 is 21.6 Å². The first-order valence-corrected chi connectivity index (χ1v) is 13.0. The third-order valence-electron chi connectivity index (χ3n) is 5.43. The van der Waals surface area contributed by atoms with Gasteiger partial charge in [-0.3, -0.25) is 9.10 Å². The van der Waals surface area contributed by atoms with Crippen LogP contribution in [0.25, 0.3) is 0 Å². The summed E-state index contributed by atoms with van der Waals surface area (Å²) in [6.07, 6.45) is 1.21. The van der Waals surface area contributed by atoms with Crippen LogP contribution in [0, 0.1) is 27.7 Å². The summed E-state index contributed by atoms with van der Waals surface area (Å²) in [5, 5.41) is 2.85. The topological polar surface area (TPSA) is 75.7 Å². The Morgan fingerprint density at radius 2 is 1.53 bits per heavy atom. The molecule has 0 aromatic heterocycles. The van der Waals surface area contributed by atoms with Gasteiger partial charge in [0.05, 0.1) is 25.0 Å². The highest BCUT2D eigenvalue weighted by atomic mass is 32.2. The van der Waals surface area contributed by atoms with E-state index < -0.39 is 10.0 Å². The van der Waals surface area contributed by atoms with Crippen LogP contribution < -0.4 is 14.4 Å². The summed E-state index contributed by atoms with van der Waals surface area (Å²) < 4.78 is 32.2. The molecule has 3 rings (SSSR count). The van der Waals surface area contributed by atoms with Gasteiger partial charge in [0.15, 0.2) is 0 Å². The molecule has 3 aromatic rings. The molecule has 7 heteroatoms. The van der Waals surface area contributed by atoms with Gasteiger partial charge in [-0.15, -0.1) is 0 Å². The monoisotopic (exact) mass is 480 g/mol. The zero-order valence-corrected chi connectivity index (χ0v) is 21.2. The maximum absolute atomic E-state index is 12.5. The van der Waals surface area contributed by atoms with Gasteiger partial charge < -0.3 is 10.1 Å². The number of aryl methyl sites for hydroxylation is 4. The Morgan fingerprint density at radius 3 is 2.15 bits per heavy atom. The van der Waals surface area contributed by atoms with Crippen LogP contribution in [0.5, 0.6) is 5.75 Å². The summed E-state index contributed by atoms with van der Waals surface area (Å²) in [5.74, 6) is 0.584. The van der Waals surface area contributed by atoms with Gasteiger partial charge in [-0.2, -0.15) is 0 Å². The van der Waals surface area contributed by atoms with E-state index in [1.54, 1.807) is 24.3 Å². The zero-order valence-electron chi connectivity index (χ0n) is 20.4. The SMILES string of the molecule is Cc1cc(C)cc(OCCNC(=O)c2ccc(CN(c3cc(C)ccc3C)S(C)(=O)=O)cc2)c1. The Balaban J connectivity index is 1.60. The molecule has 1 amide bonds. The van der Waals surface area contributed by atoms with E-state index in [1.165, 1.54) is 10.6 Å². The number of ether oxygens (including phenoxy) is 1. The molecular weight excluding hydrogens is 448 g/mol. The van der Waals surface area contributed by atoms with E-state index in [-0.39, 0.29) is 12.5 Å². The van der Waals surface area contributed by atoms with Crippen molar-refractivity contribution in [1.29, 1.82) is 0 Å². The summed E-state index contributed by atoms with van der Waals surface area (Å²) in [7, 11) is -3.49. The highest BCUT2D eigenvalue weighted by Gasteiger charge is 2.20. The average molecular weight is 481 g/mol. The van der Waals surface area contributed by atoms with Crippen LogP contribution in [-0.4, -0.2) is 33.7 Å². The van der Waals surface area contributed by atoms with Gasteiger partial charge >= 0.3 is 0 Å². The molecule has 0 bridgehead atoms. The normalized spacial score (nSPS) is 11.2. The fourth-order valence-electron chi connectivity index (χ4n) is 3.75. The van der Waals surface area contributed by atoms with Crippen molar-refractivity contribution in [3.05, 3.63) is 94.0 Å². The lowest BCUT2D eigenvalue weighted by Gasteiger charge is -2.25. The van der Waals surface area contributed by atoms with E-state index in [4.69, 9.17) is 4.74 Å². The first-order chi connectivity index (χ1) is 16.0. The van der Waals surface area contributed by atoms with Crippen molar-refractivity contribution in [3.8, 4) is 5.75 Å². The fraction of sp³-hybridized carbons (Fsp3) is 0.296. The van der Waals surface area contributed by atoms with Crippen molar-refractivity contribution in [2.45, 2.75) is 34.2 Å². The number of rotatable bonds is 9. The summed E-state index contributed by atoms with van der Waals surface area (Å²) in [5.41, 5.74) is 6.09. The summed E-state index contributed by atoms with van der Waals surface area (Å²) in [6.45, 7) is 8.79. The lowest BCUT2D eigenvalue weighted by atomic mass is 10.1. The number of hydrogen-bond acceptors (Lipinski definition) is 4. The van der Waals surface area contributed by atoms with Gasteiger partial charge in [0, 0.05) is 5.56 Å². The minimum Gasteiger partial charge on any atom is -0.492 e. The molecule has 0 aliphatic rings. The van der Waals surface area contributed by atoms with E-state index in [0.717, 1.165) is 33.6 Å². The molecule has 0 fully saturated rings. The minimum atomic E-state index is -3.49. The lowest BCUT2D eigenvalue weighted by Crippen LogP contribution is -2.30. The number of carbonyl (C=O) groups is 1. The quantitative estimate of drug-likeness (QED) is 0.451. The molecular formula is C27H32N2O4S. The van der Waals surface area contributed by atoms with Crippen LogP contribution in [0.15, 0.2) is 60.7 Å². The van der Waals surface area contributed by atoms with E-state index >= 15 is 0 Å². The minimum absolute atomic E-state index is 0.189. The van der Waals surface area contributed by atoms with Crippen LogP contribution in [0.4, 0.5) is 5.69 Å². The van der Waals surface area contributed by atoms with Crippen molar-refractivity contribution in [1.82, 2.24) is 5.32 Å². The molecule has 0 aliphatic heterocycles. The molecule has 3 aromatic carbocycles. The summed E-state index contributed by atoms with van der Waals surface area (Å²) in [6, 6.07) is 18.7. The largest absolute Gasteiger partial charge is 0.492 e. The Kier molecular flexibility index (Phi) is 7.99. The molecule has 6 nitrogen and oxygen atoms in total. The number of anilines is 1. The van der Waals surface area contributed by atoms with E-state index in [9.17, 15) is 13.2 Å². The molecule has 0 spiro atoms. The van der Waals surface area contributed by atoms with Crippen molar-refractivity contribution < 1.29 is 17.9 Å². The Bertz CT molecular complexity index is 1250. The highest BCUT2D eigenvalue weighted by Crippen LogP contribution is 2.26. The molecule has 0 radical (unpaired) electrons. The van der Waals surface area contributed by atoms with Crippen LogP contribution in [-0.2, 0) is 16.6 Å². The predicted octanol–water partition coefficient (Wildman–Crippen LogP) is 4.70. The second-order valence-corrected chi connectivity index (χ2v) is 10.6. The summed E-state index contributed by atoms with van der Waals surface area (Å²) >= 11 is 0. The molecule has 1 N–H and O–H groups in total. The van der Waals surface area contributed by atoms with E-state index in [0.29, 0.717) is 24.4 Å². The van der Waals surface area contributed by atoms with Crippen LogP contribution in [0.3, 0.4) is 0 Å². The molecule has 180 valence electrons. The standard InChI is InChI=1S/C27H32N2O4S/c1-19-6-7-22(4)26(17-19)29(34(5,31)32)18-23-8-10-24(11-9-23)27(30)28-12-13-33-25-15-20(2)14-21(3)16-25/h6-11,14-17H,12-13,18H2,1-5H3,(H,28,30). The fourth-order valence-corrected chi connectivity index (χ4v) is 4.69. The Hall–Kier alpha value is -3.32. The van der Waals surface area contributed by atoms with Crippen molar-refractivity contribution in [2.75, 3.05) is 23.7 Å². The number of sulfonamides is 1. The number of amides is 1. The Labute approximate surface area is 202 Å². The molecule has 0 unspecified atom stereocenters. The average Bonchev–Trinajstić information content (AvgIpc) is 2.76. The maximum Gasteiger partial charge on any atom is 0.251 e. The van der Waals surface area contributed by atoms with Gasteiger partial charge in [0.2, 0.25) is 10.0 Å². The highest BCUT2D eigenvalue weighted by molar-refractivity contribution is 7.92. The van der Waals surface area contributed by atoms with Gasteiger partial charge in [0.1, 0.15) is 12.4 Å². The molecule has 0 heterocycles. The molecule has 34 heavy (non-hydrogen) atoms. The van der Waals surface area contributed by atoms with Gasteiger partial charge in [-0.25, -0.2) is 8.42 Å². The predicted molar refractivity (Wildman–Crippen MR) is 137 cm³/mol. The third kappa shape index (κ3) is 6.84. The molecule has 0 saturated carbocycles.